The summed E-state index contributed by atoms with van der Waals surface area (Å²) in [6.45, 7) is 0. The van der Waals surface area contributed by atoms with Gasteiger partial charge < -0.3 is 10.4 Å². The Morgan fingerprint density at radius 3 is 2.55 bits per heavy atom. The van der Waals surface area contributed by atoms with Crippen molar-refractivity contribution in [2.45, 2.75) is 24.8 Å². The van der Waals surface area contributed by atoms with Crippen LogP contribution >= 0.6 is 0 Å². The minimum Gasteiger partial charge on any atom is -0.481 e. The predicted octanol–water partition coefficient (Wildman–Crippen LogP) is -0.260. The SMILES string of the molecule is O=C1CC2(CC(C(=O)O)C2)N1. The lowest BCUT2D eigenvalue weighted by Crippen LogP contribution is -2.68. The van der Waals surface area contributed by atoms with Crippen molar-refractivity contribution in [3.63, 3.8) is 0 Å². The van der Waals surface area contributed by atoms with Gasteiger partial charge in [0.05, 0.1) is 11.5 Å². The average Bonchev–Trinajstić information content (AvgIpc) is 1.73. The summed E-state index contributed by atoms with van der Waals surface area (Å²) in [6.07, 6.45) is 1.76. The monoisotopic (exact) mass is 155 g/mol. The summed E-state index contributed by atoms with van der Waals surface area (Å²) in [5.74, 6) is -0.916. The number of carboxylic acid groups (broad SMARTS) is 1. The van der Waals surface area contributed by atoms with Gasteiger partial charge in [0.15, 0.2) is 0 Å². The molecule has 0 aromatic carbocycles. The van der Waals surface area contributed by atoms with Gasteiger partial charge in [-0.05, 0) is 12.8 Å². The molecular formula is C7H9NO3. The van der Waals surface area contributed by atoms with Crippen molar-refractivity contribution in [1.29, 1.82) is 0 Å². The topological polar surface area (TPSA) is 66.4 Å². The van der Waals surface area contributed by atoms with E-state index >= 15 is 0 Å². The minimum atomic E-state index is -0.739. The van der Waals surface area contributed by atoms with Gasteiger partial charge in [0, 0.05) is 6.42 Å². The molecule has 0 aromatic heterocycles. The van der Waals surface area contributed by atoms with Crippen LogP contribution in [-0.2, 0) is 9.59 Å². The zero-order chi connectivity index (χ0) is 8.06. The highest BCUT2D eigenvalue weighted by molar-refractivity contribution is 5.86. The molecule has 0 unspecified atom stereocenters. The molecule has 4 nitrogen and oxygen atoms in total. The van der Waals surface area contributed by atoms with E-state index in [9.17, 15) is 9.59 Å². The normalized spacial score (nSPS) is 40.7. The van der Waals surface area contributed by atoms with Gasteiger partial charge in [-0.3, -0.25) is 9.59 Å². The average molecular weight is 155 g/mol. The molecule has 2 fully saturated rings. The maximum Gasteiger partial charge on any atom is 0.306 e. The van der Waals surface area contributed by atoms with E-state index in [1.54, 1.807) is 0 Å². The van der Waals surface area contributed by atoms with Gasteiger partial charge >= 0.3 is 5.97 Å². The molecule has 1 amide bonds. The van der Waals surface area contributed by atoms with Crippen molar-refractivity contribution < 1.29 is 14.7 Å². The molecule has 11 heavy (non-hydrogen) atoms. The lowest BCUT2D eigenvalue weighted by molar-refractivity contribution is -0.155. The summed E-state index contributed by atoms with van der Waals surface area (Å²) in [4.78, 5) is 20.9. The van der Waals surface area contributed by atoms with Crippen molar-refractivity contribution >= 4 is 11.9 Å². The Morgan fingerprint density at radius 2 is 2.18 bits per heavy atom. The molecule has 2 aliphatic rings. The molecule has 0 atom stereocenters. The third-order valence-corrected chi connectivity index (χ3v) is 2.53. The molecule has 4 heteroatoms. The molecule has 1 aliphatic carbocycles. The number of rotatable bonds is 1. The summed E-state index contributed by atoms with van der Waals surface area (Å²) in [5, 5.41) is 11.3. The van der Waals surface area contributed by atoms with Crippen molar-refractivity contribution in [3.05, 3.63) is 0 Å². The highest BCUT2D eigenvalue weighted by Crippen LogP contribution is 2.44. The zero-order valence-corrected chi connectivity index (χ0v) is 5.96. The Hall–Kier alpha value is -1.06. The summed E-state index contributed by atoms with van der Waals surface area (Å²) in [6, 6.07) is 0. The van der Waals surface area contributed by atoms with Crippen LogP contribution in [0.25, 0.3) is 0 Å². The van der Waals surface area contributed by atoms with Crippen molar-refractivity contribution in [2.75, 3.05) is 0 Å². The molecule has 2 rings (SSSR count). The fourth-order valence-electron chi connectivity index (χ4n) is 1.89. The number of β-lactam (4-membered cyclic amide) rings is 1. The van der Waals surface area contributed by atoms with E-state index in [1.807, 2.05) is 0 Å². The Morgan fingerprint density at radius 1 is 1.64 bits per heavy atom. The molecule has 0 radical (unpaired) electrons. The van der Waals surface area contributed by atoms with Crippen molar-refractivity contribution in [1.82, 2.24) is 5.32 Å². The van der Waals surface area contributed by atoms with E-state index in [1.165, 1.54) is 0 Å². The van der Waals surface area contributed by atoms with Gasteiger partial charge in [0.2, 0.25) is 5.91 Å². The Bertz CT molecular complexity index is 220. The van der Waals surface area contributed by atoms with Gasteiger partial charge in [0.25, 0.3) is 0 Å². The number of carbonyl (C=O) groups excluding carboxylic acids is 1. The number of amides is 1. The largest absolute Gasteiger partial charge is 0.481 e. The Balaban J connectivity index is 1.89. The fraction of sp³-hybridized carbons (Fsp3) is 0.714. The summed E-state index contributed by atoms with van der Waals surface area (Å²) >= 11 is 0. The number of nitrogens with one attached hydrogen (secondary N) is 1. The fourth-order valence-corrected chi connectivity index (χ4v) is 1.89. The summed E-state index contributed by atoms with van der Waals surface area (Å²) < 4.78 is 0. The third kappa shape index (κ3) is 0.818. The Kier molecular flexibility index (Phi) is 1.06. The second kappa shape index (κ2) is 1.75. The second-order valence-corrected chi connectivity index (χ2v) is 3.45. The first-order chi connectivity index (χ1) is 5.11. The van der Waals surface area contributed by atoms with Crippen molar-refractivity contribution in [3.8, 4) is 0 Å². The summed E-state index contributed by atoms with van der Waals surface area (Å²) in [5.41, 5.74) is -0.111. The predicted molar refractivity (Wildman–Crippen MR) is 35.9 cm³/mol. The van der Waals surface area contributed by atoms with Crippen LogP contribution in [0, 0.1) is 5.92 Å². The number of carbonyl (C=O) groups is 2. The first kappa shape index (κ1) is 6.64. The Labute approximate surface area is 63.6 Å². The highest BCUT2D eigenvalue weighted by Gasteiger charge is 2.54. The number of hydrogen-bond donors (Lipinski definition) is 2. The molecule has 0 bridgehead atoms. The molecule has 1 saturated carbocycles. The van der Waals surface area contributed by atoms with E-state index in [0.29, 0.717) is 19.3 Å². The van der Waals surface area contributed by atoms with E-state index in [-0.39, 0.29) is 17.4 Å². The third-order valence-electron chi connectivity index (χ3n) is 2.53. The molecule has 1 saturated heterocycles. The molecular weight excluding hydrogens is 146 g/mol. The standard InChI is InChI=1S/C7H9NO3/c9-5-3-7(8-5)1-4(2-7)6(10)11/h4H,1-3H2,(H,8,9)(H,10,11). The van der Waals surface area contributed by atoms with Gasteiger partial charge in [-0.1, -0.05) is 0 Å². The first-order valence-corrected chi connectivity index (χ1v) is 3.65. The van der Waals surface area contributed by atoms with Gasteiger partial charge in [0.1, 0.15) is 0 Å². The van der Waals surface area contributed by atoms with E-state index in [2.05, 4.69) is 5.32 Å². The molecule has 1 heterocycles. The molecule has 1 spiro atoms. The van der Waals surface area contributed by atoms with Crippen LogP contribution in [-0.4, -0.2) is 22.5 Å². The zero-order valence-electron chi connectivity index (χ0n) is 5.96. The first-order valence-electron chi connectivity index (χ1n) is 3.65. The van der Waals surface area contributed by atoms with Crippen LogP contribution < -0.4 is 5.32 Å². The highest BCUT2D eigenvalue weighted by atomic mass is 16.4. The smallest absolute Gasteiger partial charge is 0.306 e. The maximum absolute atomic E-state index is 10.5. The quantitative estimate of drug-likeness (QED) is 0.513. The molecule has 0 aromatic rings. The molecule has 60 valence electrons. The van der Waals surface area contributed by atoms with E-state index in [0.717, 1.165) is 0 Å². The van der Waals surface area contributed by atoms with Crippen LogP contribution in [0.4, 0.5) is 0 Å². The maximum atomic E-state index is 10.5. The lowest BCUT2D eigenvalue weighted by Gasteiger charge is -2.52. The van der Waals surface area contributed by atoms with Gasteiger partial charge in [-0.15, -0.1) is 0 Å². The lowest BCUT2D eigenvalue weighted by atomic mass is 9.63. The van der Waals surface area contributed by atoms with Crippen LogP contribution in [0.1, 0.15) is 19.3 Å². The van der Waals surface area contributed by atoms with E-state index < -0.39 is 5.97 Å². The van der Waals surface area contributed by atoms with Gasteiger partial charge in [-0.25, -0.2) is 0 Å². The molecule has 1 aliphatic heterocycles. The minimum absolute atomic E-state index is 0.0499. The second-order valence-electron chi connectivity index (χ2n) is 3.45. The molecule has 2 N–H and O–H groups in total. The van der Waals surface area contributed by atoms with E-state index in [4.69, 9.17) is 5.11 Å². The van der Waals surface area contributed by atoms with Crippen LogP contribution in [0.15, 0.2) is 0 Å². The number of carboxylic acids is 1. The van der Waals surface area contributed by atoms with Crippen LogP contribution in [0.5, 0.6) is 0 Å². The number of hydrogen-bond acceptors (Lipinski definition) is 2. The van der Waals surface area contributed by atoms with Crippen molar-refractivity contribution in [2.24, 2.45) is 5.92 Å². The van der Waals surface area contributed by atoms with Crippen LogP contribution in [0.2, 0.25) is 0 Å². The van der Waals surface area contributed by atoms with Gasteiger partial charge in [-0.2, -0.15) is 0 Å². The van der Waals surface area contributed by atoms with Crippen LogP contribution in [0.3, 0.4) is 0 Å². The summed E-state index contributed by atoms with van der Waals surface area (Å²) in [7, 11) is 0. The number of aliphatic carboxylic acids is 1.